The summed E-state index contributed by atoms with van der Waals surface area (Å²) in [7, 11) is 0. The van der Waals surface area contributed by atoms with Crippen LogP contribution in [0.25, 0.3) is 22.5 Å². The van der Waals surface area contributed by atoms with Gasteiger partial charge in [-0.1, -0.05) is 60.7 Å². The summed E-state index contributed by atoms with van der Waals surface area (Å²) < 4.78 is 2.05. The molecule has 0 aliphatic carbocycles. The molecule has 3 aromatic rings. The van der Waals surface area contributed by atoms with Gasteiger partial charge in [0.15, 0.2) is 0 Å². The summed E-state index contributed by atoms with van der Waals surface area (Å²) >= 11 is 0. The SMILES string of the molecule is NC(=O)[C@@H]1CCCN(C(=O)CCn2cnc(-c3ccccc3)c2-c2ccccc2)C1. The molecule has 0 unspecified atom stereocenters. The molecule has 154 valence electrons. The molecular formula is C24H26N4O2. The normalized spacial score (nSPS) is 16.4. The lowest BCUT2D eigenvalue weighted by atomic mass is 9.97. The summed E-state index contributed by atoms with van der Waals surface area (Å²) in [4.78, 5) is 30.8. The van der Waals surface area contributed by atoms with E-state index in [-0.39, 0.29) is 17.7 Å². The Morgan fingerprint density at radius 2 is 1.67 bits per heavy atom. The van der Waals surface area contributed by atoms with Crippen LogP contribution in [0.4, 0.5) is 0 Å². The molecule has 1 fully saturated rings. The third-order valence-corrected chi connectivity index (χ3v) is 5.68. The number of aryl methyl sites for hydroxylation is 1. The number of piperidine rings is 1. The van der Waals surface area contributed by atoms with Crippen LogP contribution < -0.4 is 5.73 Å². The Morgan fingerprint density at radius 1 is 1.00 bits per heavy atom. The number of hydrogen-bond acceptors (Lipinski definition) is 3. The van der Waals surface area contributed by atoms with Gasteiger partial charge >= 0.3 is 0 Å². The summed E-state index contributed by atoms with van der Waals surface area (Å²) in [6.07, 6.45) is 3.74. The zero-order valence-electron chi connectivity index (χ0n) is 16.9. The molecule has 0 spiro atoms. The molecule has 6 heteroatoms. The van der Waals surface area contributed by atoms with E-state index in [4.69, 9.17) is 5.73 Å². The number of carbonyl (C=O) groups is 2. The smallest absolute Gasteiger partial charge is 0.224 e. The van der Waals surface area contributed by atoms with Crippen LogP contribution in [-0.2, 0) is 16.1 Å². The number of likely N-dealkylation sites (tertiary alicyclic amines) is 1. The van der Waals surface area contributed by atoms with Gasteiger partial charge in [0.05, 0.1) is 23.6 Å². The fourth-order valence-electron chi connectivity index (χ4n) is 4.07. The zero-order chi connectivity index (χ0) is 20.9. The van der Waals surface area contributed by atoms with Gasteiger partial charge in [0, 0.05) is 37.2 Å². The Morgan fingerprint density at radius 3 is 2.33 bits per heavy atom. The maximum atomic E-state index is 12.8. The molecule has 0 saturated carbocycles. The van der Waals surface area contributed by atoms with Crippen molar-refractivity contribution in [2.75, 3.05) is 13.1 Å². The fourth-order valence-corrected chi connectivity index (χ4v) is 4.07. The largest absolute Gasteiger partial charge is 0.369 e. The lowest BCUT2D eigenvalue weighted by Gasteiger charge is -2.31. The fraction of sp³-hybridized carbons (Fsp3) is 0.292. The van der Waals surface area contributed by atoms with Gasteiger partial charge in [0.2, 0.25) is 11.8 Å². The second kappa shape index (κ2) is 8.95. The van der Waals surface area contributed by atoms with Crippen LogP contribution in [0.2, 0.25) is 0 Å². The highest BCUT2D eigenvalue weighted by molar-refractivity contribution is 5.81. The van der Waals surface area contributed by atoms with Gasteiger partial charge in [0.1, 0.15) is 0 Å². The van der Waals surface area contributed by atoms with Crippen molar-refractivity contribution >= 4 is 11.8 Å². The molecule has 1 aromatic heterocycles. The number of benzene rings is 2. The molecule has 2 amide bonds. The van der Waals surface area contributed by atoms with Gasteiger partial charge in [-0.3, -0.25) is 9.59 Å². The molecule has 0 bridgehead atoms. The molecule has 6 nitrogen and oxygen atoms in total. The van der Waals surface area contributed by atoms with Crippen LogP contribution in [0.1, 0.15) is 19.3 Å². The molecule has 1 atom stereocenters. The van der Waals surface area contributed by atoms with Crippen LogP contribution in [0.5, 0.6) is 0 Å². The minimum absolute atomic E-state index is 0.0509. The van der Waals surface area contributed by atoms with Crippen molar-refractivity contribution in [1.29, 1.82) is 0 Å². The van der Waals surface area contributed by atoms with Crippen LogP contribution in [0, 0.1) is 5.92 Å². The third-order valence-electron chi connectivity index (χ3n) is 5.68. The van der Waals surface area contributed by atoms with Gasteiger partial charge in [-0.05, 0) is 12.8 Å². The highest BCUT2D eigenvalue weighted by atomic mass is 16.2. The summed E-state index contributed by atoms with van der Waals surface area (Å²) in [5.41, 5.74) is 9.46. The van der Waals surface area contributed by atoms with Gasteiger partial charge in [-0.15, -0.1) is 0 Å². The van der Waals surface area contributed by atoms with Crippen LogP contribution in [0.15, 0.2) is 67.0 Å². The minimum Gasteiger partial charge on any atom is -0.369 e. The maximum absolute atomic E-state index is 12.8. The topological polar surface area (TPSA) is 81.2 Å². The third kappa shape index (κ3) is 4.27. The Hall–Kier alpha value is -3.41. The van der Waals surface area contributed by atoms with Crippen molar-refractivity contribution < 1.29 is 9.59 Å². The standard InChI is InChI=1S/C24H26N4O2/c25-24(30)20-12-7-14-27(16-20)21(29)13-15-28-17-26-22(18-8-3-1-4-9-18)23(28)19-10-5-2-6-11-19/h1-6,8-11,17,20H,7,12-16H2,(H2,25,30)/t20-/m1/s1. The molecule has 1 saturated heterocycles. The second-order valence-electron chi connectivity index (χ2n) is 7.70. The van der Waals surface area contributed by atoms with E-state index in [1.807, 2.05) is 53.1 Å². The van der Waals surface area contributed by atoms with Crippen LogP contribution in [-0.4, -0.2) is 39.4 Å². The van der Waals surface area contributed by atoms with E-state index in [0.717, 1.165) is 35.4 Å². The predicted octanol–water partition coefficient (Wildman–Crippen LogP) is 3.33. The Bertz CT molecular complexity index is 1010. The van der Waals surface area contributed by atoms with Crippen LogP contribution >= 0.6 is 0 Å². The summed E-state index contributed by atoms with van der Waals surface area (Å²) in [6, 6.07) is 20.2. The molecule has 2 aromatic carbocycles. The molecular weight excluding hydrogens is 376 g/mol. The number of nitrogens with two attached hydrogens (primary N) is 1. The molecule has 0 radical (unpaired) electrons. The first-order chi connectivity index (χ1) is 14.6. The van der Waals surface area contributed by atoms with E-state index >= 15 is 0 Å². The van der Waals surface area contributed by atoms with Crippen LogP contribution in [0.3, 0.4) is 0 Å². The molecule has 2 heterocycles. The van der Waals surface area contributed by atoms with Gasteiger partial charge in [-0.2, -0.15) is 0 Å². The number of imidazole rings is 1. The highest BCUT2D eigenvalue weighted by Crippen LogP contribution is 2.31. The lowest BCUT2D eigenvalue weighted by Crippen LogP contribution is -2.44. The van der Waals surface area contributed by atoms with E-state index in [9.17, 15) is 9.59 Å². The van der Waals surface area contributed by atoms with Gasteiger partial charge in [-0.25, -0.2) is 4.98 Å². The van der Waals surface area contributed by atoms with Gasteiger partial charge < -0.3 is 15.2 Å². The molecule has 4 rings (SSSR count). The number of primary amides is 1. The second-order valence-corrected chi connectivity index (χ2v) is 7.70. The first-order valence-electron chi connectivity index (χ1n) is 10.4. The van der Waals surface area contributed by atoms with E-state index in [2.05, 4.69) is 17.1 Å². The number of nitrogens with zero attached hydrogens (tertiary/aromatic N) is 3. The van der Waals surface area contributed by atoms with Crippen molar-refractivity contribution in [2.45, 2.75) is 25.8 Å². The molecule has 2 N–H and O–H groups in total. The van der Waals surface area contributed by atoms with Crippen molar-refractivity contribution in [2.24, 2.45) is 11.7 Å². The first kappa shape index (κ1) is 19.9. The van der Waals surface area contributed by atoms with E-state index in [1.165, 1.54) is 0 Å². The average molecular weight is 402 g/mol. The summed E-state index contributed by atoms with van der Waals surface area (Å²) in [6.45, 7) is 1.65. The number of hydrogen-bond donors (Lipinski definition) is 1. The van der Waals surface area contributed by atoms with Gasteiger partial charge in [0.25, 0.3) is 0 Å². The van der Waals surface area contributed by atoms with Crippen molar-refractivity contribution in [3.63, 3.8) is 0 Å². The molecule has 1 aliphatic rings. The Kier molecular flexibility index (Phi) is 5.93. The quantitative estimate of drug-likeness (QED) is 0.687. The summed E-state index contributed by atoms with van der Waals surface area (Å²) in [5.74, 6) is -0.503. The van der Waals surface area contributed by atoms with Crippen molar-refractivity contribution in [3.8, 4) is 22.5 Å². The van der Waals surface area contributed by atoms with E-state index in [0.29, 0.717) is 26.1 Å². The highest BCUT2D eigenvalue weighted by Gasteiger charge is 2.27. The molecule has 1 aliphatic heterocycles. The average Bonchev–Trinajstić information content (AvgIpc) is 3.22. The Balaban J connectivity index is 1.55. The van der Waals surface area contributed by atoms with E-state index in [1.54, 1.807) is 11.2 Å². The number of aromatic nitrogens is 2. The Labute approximate surface area is 176 Å². The van der Waals surface area contributed by atoms with Crippen molar-refractivity contribution in [1.82, 2.24) is 14.5 Å². The first-order valence-corrected chi connectivity index (χ1v) is 10.4. The predicted molar refractivity (Wildman–Crippen MR) is 116 cm³/mol. The number of amides is 2. The zero-order valence-corrected chi connectivity index (χ0v) is 16.9. The minimum atomic E-state index is -0.319. The molecule has 30 heavy (non-hydrogen) atoms. The number of carbonyl (C=O) groups excluding carboxylic acids is 2. The van der Waals surface area contributed by atoms with E-state index < -0.39 is 0 Å². The van der Waals surface area contributed by atoms with Crippen molar-refractivity contribution in [3.05, 3.63) is 67.0 Å². The lowest BCUT2D eigenvalue weighted by molar-refractivity contribution is -0.135. The summed E-state index contributed by atoms with van der Waals surface area (Å²) in [5, 5.41) is 0. The monoisotopic (exact) mass is 402 g/mol. The maximum Gasteiger partial charge on any atom is 0.224 e. The number of rotatable bonds is 6.